The summed E-state index contributed by atoms with van der Waals surface area (Å²) in [5.74, 6) is 0.00576. The molecule has 0 spiro atoms. The van der Waals surface area contributed by atoms with Crippen molar-refractivity contribution in [1.29, 1.82) is 0 Å². The minimum absolute atomic E-state index is 0.00576. The van der Waals surface area contributed by atoms with E-state index in [2.05, 4.69) is 6.07 Å². The van der Waals surface area contributed by atoms with Crippen LogP contribution in [0.15, 0.2) is 12.1 Å². The number of hydrogen-bond donors (Lipinski definition) is 0. The maximum Gasteiger partial charge on any atom is 0.205 e. The van der Waals surface area contributed by atoms with Crippen molar-refractivity contribution in [3.8, 4) is 0 Å². The third-order valence-corrected chi connectivity index (χ3v) is 6.10. The molecule has 0 fully saturated rings. The summed E-state index contributed by atoms with van der Waals surface area (Å²) in [6, 6.07) is 3.72. The van der Waals surface area contributed by atoms with Gasteiger partial charge in [0, 0.05) is 4.88 Å². The Kier molecular flexibility index (Phi) is 3.99. The largest absolute Gasteiger partial charge is 0.288 e. The van der Waals surface area contributed by atoms with E-state index >= 15 is 0 Å². The molecule has 19 heavy (non-hydrogen) atoms. The standard InChI is InChI=1S/C14H12Cl2OS2/c15-12-7-9(14(16)19-12)13(17)11-6-8-4-2-1-3-5-10(8)18-11/h6-7H,1-5H2. The summed E-state index contributed by atoms with van der Waals surface area (Å²) in [6.07, 6.45) is 5.94. The molecule has 0 amide bonds. The van der Waals surface area contributed by atoms with Crippen molar-refractivity contribution in [3.05, 3.63) is 41.7 Å². The molecule has 5 heteroatoms. The van der Waals surface area contributed by atoms with Gasteiger partial charge in [-0.2, -0.15) is 0 Å². The van der Waals surface area contributed by atoms with Crippen molar-refractivity contribution in [2.75, 3.05) is 0 Å². The number of thiophene rings is 2. The van der Waals surface area contributed by atoms with Gasteiger partial charge in [0.05, 0.1) is 14.8 Å². The van der Waals surface area contributed by atoms with Crippen LogP contribution in [0, 0.1) is 0 Å². The molecule has 0 aromatic carbocycles. The zero-order valence-electron chi connectivity index (χ0n) is 10.2. The number of halogens is 2. The van der Waals surface area contributed by atoms with Gasteiger partial charge in [0.1, 0.15) is 4.34 Å². The summed E-state index contributed by atoms with van der Waals surface area (Å²) in [5, 5.41) is 0. The van der Waals surface area contributed by atoms with E-state index in [0.717, 1.165) is 17.7 Å². The van der Waals surface area contributed by atoms with Gasteiger partial charge in [0.2, 0.25) is 5.78 Å². The second-order valence-corrected chi connectivity index (χ2v) is 8.11. The number of ketones is 1. The van der Waals surface area contributed by atoms with Crippen molar-refractivity contribution in [2.45, 2.75) is 32.1 Å². The molecule has 1 aliphatic carbocycles. The Morgan fingerprint density at radius 1 is 1.05 bits per heavy atom. The molecule has 0 bridgehead atoms. The molecule has 0 saturated heterocycles. The maximum absolute atomic E-state index is 12.5. The molecule has 0 unspecified atom stereocenters. The number of rotatable bonds is 2. The first-order valence-electron chi connectivity index (χ1n) is 6.26. The average molecular weight is 331 g/mol. The zero-order valence-corrected chi connectivity index (χ0v) is 13.3. The Balaban J connectivity index is 1.94. The molecule has 0 atom stereocenters. The minimum Gasteiger partial charge on any atom is -0.288 e. The Morgan fingerprint density at radius 2 is 1.84 bits per heavy atom. The van der Waals surface area contributed by atoms with Crippen molar-refractivity contribution >= 4 is 51.7 Å². The highest BCUT2D eigenvalue weighted by molar-refractivity contribution is 7.20. The van der Waals surface area contributed by atoms with Crippen molar-refractivity contribution in [1.82, 2.24) is 0 Å². The fraction of sp³-hybridized carbons (Fsp3) is 0.357. The van der Waals surface area contributed by atoms with Crippen molar-refractivity contribution < 1.29 is 4.79 Å². The lowest BCUT2D eigenvalue weighted by Gasteiger charge is -1.95. The Bertz CT molecular complexity index is 604. The van der Waals surface area contributed by atoms with Crippen LogP contribution >= 0.6 is 45.9 Å². The summed E-state index contributed by atoms with van der Waals surface area (Å²) in [4.78, 5) is 14.6. The molecule has 2 aromatic heterocycles. The van der Waals surface area contributed by atoms with Gasteiger partial charge in [0.25, 0.3) is 0 Å². The number of carbonyl (C=O) groups excluding carboxylic acids is 1. The molecule has 0 aliphatic heterocycles. The molecular weight excluding hydrogens is 319 g/mol. The van der Waals surface area contributed by atoms with Crippen LogP contribution in [0.1, 0.15) is 44.9 Å². The molecule has 1 nitrogen and oxygen atoms in total. The molecular formula is C14H12Cl2OS2. The summed E-state index contributed by atoms with van der Waals surface area (Å²) in [6.45, 7) is 0. The Labute approximate surface area is 130 Å². The van der Waals surface area contributed by atoms with Crippen molar-refractivity contribution in [2.24, 2.45) is 0 Å². The number of hydrogen-bond acceptors (Lipinski definition) is 3. The van der Waals surface area contributed by atoms with E-state index in [0.29, 0.717) is 14.2 Å². The topological polar surface area (TPSA) is 17.1 Å². The van der Waals surface area contributed by atoms with Gasteiger partial charge in [-0.15, -0.1) is 22.7 Å². The lowest BCUT2D eigenvalue weighted by atomic mass is 10.1. The number of aryl methyl sites for hydroxylation is 2. The number of carbonyl (C=O) groups is 1. The van der Waals surface area contributed by atoms with Crippen LogP contribution in [0.2, 0.25) is 8.67 Å². The van der Waals surface area contributed by atoms with Crippen LogP contribution in [0.5, 0.6) is 0 Å². The highest BCUT2D eigenvalue weighted by Crippen LogP contribution is 2.35. The molecule has 2 heterocycles. The molecule has 0 radical (unpaired) electrons. The third kappa shape index (κ3) is 2.75. The number of fused-ring (bicyclic) bond motifs is 1. The maximum atomic E-state index is 12.5. The van der Waals surface area contributed by atoms with Gasteiger partial charge in [-0.05, 0) is 43.4 Å². The van der Waals surface area contributed by atoms with Crippen LogP contribution in [-0.2, 0) is 12.8 Å². The summed E-state index contributed by atoms with van der Waals surface area (Å²) >= 11 is 14.8. The van der Waals surface area contributed by atoms with E-state index in [1.165, 1.54) is 41.0 Å². The predicted octanol–water partition coefficient (Wildman–Crippen LogP) is 5.62. The fourth-order valence-electron chi connectivity index (χ4n) is 2.41. The molecule has 0 saturated carbocycles. The van der Waals surface area contributed by atoms with Crippen LogP contribution < -0.4 is 0 Å². The first-order chi connectivity index (χ1) is 9.15. The van der Waals surface area contributed by atoms with Crippen molar-refractivity contribution in [3.63, 3.8) is 0 Å². The highest BCUT2D eigenvalue weighted by atomic mass is 35.5. The molecule has 100 valence electrons. The average Bonchev–Trinajstić information content (AvgIpc) is 2.85. The van der Waals surface area contributed by atoms with E-state index < -0.39 is 0 Å². The lowest BCUT2D eigenvalue weighted by Crippen LogP contribution is -1.97. The lowest BCUT2D eigenvalue weighted by molar-refractivity contribution is 0.104. The minimum atomic E-state index is 0.00576. The van der Waals surface area contributed by atoms with E-state index in [9.17, 15) is 4.79 Å². The monoisotopic (exact) mass is 330 g/mol. The van der Waals surface area contributed by atoms with Gasteiger partial charge in [-0.3, -0.25) is 4.79 Å². The Hall–Kier alpha value is -0.350. The summed E-state index contributed by atoms with van der Waals surface area (Å²) in [5.41, 5.74) is 1.89. The van der Waals surface area contributed by atoms with Gasteiger partial charge < -0.3 is 0 Å². The van der Waals surface area contributed by atoms with Gasteiger partial charge in [-0.1, -0.05) is 29.6 Å². The van der Waals surface area contributed by atoms with E-state index in [1.54, 1.807) is 17.4 Å². The molecule has 1 aliphatic rings. The normalized spacial score (nSPS) is 15.1. The van der Waals surface area contributed by atoms with Crippen LogP contribution in [0.4, 0.5) is 0 Å². The zero-order chi connectivity index (χ0) is 13.4. The molecule has 0 N–H and O–H groups in total. The first-order valence-corrected chi connectivity index (χ1v) is 8.65. The van der Waals surface area contributed by atoms with Gasteiger partial charge in [-0.25, -0.2) is 0 Å². The Morgan fingerprint density at radius 3 is 2.58 bits per heavy atom. The van der Waals surface area contributed by atoms with Crippen LogP contribution in [0.25, 0.3) is 0 Å². The second kappa shape index (κ2) is 5.57. The SMILES string of the molecule is O=C(c1cc2c(s1)CCCCC2)c1cc(Cl)sc1Cl. The van der Waals surface area contributed by atoms with Crippen LogP contribution in [0.3, 0.4) is 0 Å². The smallest absolute Gasteiger partial charge is 0.205 e. The van der Waals surface area contributed by atoms with E-state index in [-0.39, 0.29) is 5.78 Å². The van der Waals surface area contributed by atoms with E-state index in [4.69, 9.17) is 23.2 Å². The van der Waals surface area contributed by atoms with Gasteiger partial charge >= 0.3 is 0 Å². The van der Waals surface area contributed by atoms with E-state index in [1.807, 2.05) is 0 Å². The van der Waals surface area contributed by atoms with Crippen LogP contribution in [-0.4, -0.2) is 5.78 Å². The quantitative estimate of drug-likeness (QED) is 0.516. The van der Waals surface area contributed by atoms with Gasteiger partial charge in [0.15, 0.2) is 0 Å². The first kappa shape index (κ1) is 13.6. The molecule has 3 rings (SSSR count). The second-order valence-electron chi connectivity index (χ2n) is 4.69. The highest BCUT2D eigenvalue weighted by Gasteiger charge is 2.20. The fourth-order valence-corrected chi connectivity index (χ4v) is 5.07. The third-order valence-electron chi connectivity index (χ3n) is 3.37. The summed E-state index contributed by atoms with van der Waals surface area (Å²) < 4.78 is 1.05. The summed E-state index contributed by atoms with van der Waals surface area (Å²) in [7, 11) is 0. The molecule has 2 aromatic rings. The predicted molar refractivity (Wildman–Crippen MR) is 83.3 cm³/mol.